The summed E-state index contributed by atoms with van der Waals surface area (Å²) in [6, 6.07) is 12.6. The molecule has 0 N–H and O–H groups in total. The second kappa shape index (κ2) is 4.99. The first kappa shape index (κ1) is 11.0. The Morgan fingerprint density at radius 1 is 1.18 bits per heavy atom. The normalized spacial score (nSPS) is 9.41. The Kier molecular flexibility index (Phi) is 3.22. The molecule has 0 fully saturated rings. The molecule has 2 aromatic rings. The molecule has 0 amide bonds. The Hall–Kier alpha value is -2.54. The van der Waals surface area contributed by atoms with Gasteiger partial charge in [0.2, 0.25) is 0 Å². The van der Waals surface area contributed by atoms with Gasteiger partial charge in [0.25, 0.3) is 0 Å². The molecule has 0 radical (unpaired) electrons. The number of benzene rings is 1. The van der Waals surface area contributed by atoms with Crippen LogP contribution in [-0.4, -0.2) is 12.1 Å². The smallest absolute Gasteiger partial charge is 0.183 e. The molecule has 0 aliphatic heterocycles. The van der Waals surface area contributed by atoms with E-state index in [1.807, 2.05) is 18.2 Å². The molecule has 17 heavy (non-hydrogen) atoms. The number of ether oxygens (including phenoxy) is 2. The van der Waals surface area contributed by atoms with Gasteiger partial charge in [0, 0.05) is 12.3 Å². The minimum Gasteiger partial charge on any atom is -0.497 e. The molecule has 0 saturated carbocycles. The van der Waals surface area contributed by atoms with E-state index < -0.39 is 0 Å². The number of nitrogens with zero attached hydrogens (tertiary/aromatic N) is 2. The molecule has 1 heterocycles. The molecule has 0 bridgehead atoms. The van der Waals surface area contributed by atoms with Gasteiger partial charge >= 0.3 is 0 Å². The van der Waals surface area contributed by atoms with Crippen LogP contribution in [0, 0.1) is 11.3 Å². The van der Waals surface area contributed by atoms with Gasteiger partial charge in [-0.25, -0.2) is 4.98 Å². The number of aromatic nitrogens is 1. The molecular formula is C13H10N2O2. The molecule has 0 spiro atoms. The van der Waals surface area contributed by atoms with Gasteiger partial charge in [-0.2, -0.15) is 5.26 Å². The van der Waals surface area contributed by atoms with Crippen LogP contribution in [0.1, 0.15) is 5.69 Å². The van der Waals surface area contributed by atoms with Crippen molar-refractivity contribution in [3.63, 3.8) is 0 Å². The van der Waals surface area contributed by atoms with Crippen molar-refractivity contribution in [3.05, 3.63) is 48.3 Å². The third-order valence-electron chi connectivity index (χ3n) is 2.15. The monoisotopic (exact) mass is 226 g/mol. The lowest BCUT2D eigenvalue weighted by atomic mass is 10.3. The maximum atomic E-state index is 8.88. The number of methoxy groups -OCH3 is 1. The predicted molar refractivity (Wildman–Crippen MR) is 62.0 cm³/mol. The minimum absolute atomic E-state index is 0.260. The SMILES string of the molecule is COc1cccc(Oc2cccnc2C#N)c1. The number of hydrogen-bond donors (Lipinski definition) is 0. The summed E-state index contributed by atoms with van der Waals surface area (Å²) >= 11 is 0. The van der Waals surface area contributed by atoms with Crippen molar-refractivity contribution in [2.45, 2.75) is 0 Å². The number of hydrogen-bond acceptors (Lipinski definition) is 4. The van der Waals surface area contributed by atoms with Crippen LogP contribution in [0.3, 0.4) is 0 Å². The summed E-state index contributed by atoms with van der Waals surface area (Å²) in [5.41, 5.74) is 0.260. The van der Waals surface area contributed by atoms with Crippen molar-refractivity contribution in [1.29, 1.82) is 5.26 Å². The molecule has 1 aromatic heterocycles. The Morgan fingerprint density at radius 2 is 2.00 bits per heavy atom. The summed E-state index contributed by atoms with van der Waals surface area (Å²) in [5.74, 6) is 1.74. The number of pyridine rings is 1. The second-order valence-corrected chi connectivity index (χ2v) is 3.24. The van der Waals surface area contributed by atoms with Crippen molar-refractivity contribution in [2.75, 3.05) is 7.11 Å². The van der Waals surface area contributed by atoms with Gasteiger partial charge in [-0.15, -0.1) is 0 Å². The lowest BCUT2D eigenvalue weighted by Gasteiger charge is -2.07. The van der Waals surface area contributed by atoms with Gasteiger partial charge in [0.1, 0.15) is 17.6 Å². The van der Waals surface area contributed by atoms with Crippen LogP contribution < -0.4 is 9.47 Å². The maximum Gasteiger partial charge on any atom is 0.183 e. The van der Waals surface area contributed by atoms with Crippen molar-refractivity contribution in [2.24, 2.45) is 0 Å². The third kappa shape index (κ3) is 2.52. The molecule has 4 heteroatoms. The van der Waals surface area contributed by atoms with Crippen LogP contribution in [-0.2, 0) is 0 Å². The van der Waals surface area contributed by atoms with E-state index in [0.717, 1.165) is 0 Å². The van der Waals surface area contributed by atoms with Crippen molar-refractivity contribution >= 4 is 0 Å². The zero-order valence-electron chi connectivity index (χ0n) is 9.25. The fraction of sp³-hybridized carbons (Fsp3) is 0.0769. The van der Waals surface area contributed by atoms with Crippen molar-refractivity contribution in [1.82, 2.24) is 4.98 Å². The molecule has 0 atom stereocenters. The van der Waals surface area contributed by atoms with E-state index in [-0.39, 0.29) is 5.69 Å². The summed E-state index contributed by atoms with van der Waals surface area (Å²) in [6.07, 6.45) is 1.55. The first-order chi connectivity index (χ1) is 8.33. The average Bonchev–Trinajstić information content (AvgIpc) is 2.39. The van der Waals surface area contributed by atoms with Gasteiger partial charge in [0.15, 0.2) is 11.4 Å². The second-order valence-electron chi connectivity index (χ2n) is 3.24. The minimum atomic E-state index is 0.260. The molecule has 1 aromatic carbocycles. The summed E-state index contributed by atoms with van der Waals surface area (Å²) in [4.78, 5) is 3.92. The summed E-state index contributed by atoms with van der Waals surface area (Å²) in [5, 5.41) is 8.88. The lowest BCUT2D eigenvalue weighted by molar-refractivity contribution is 0.409. The van der Waals surface area contributed by atoms with Gasteiger partial charge in [-0.3, -0.25) is 0 Å². The van der Waals surface area contributed by atoms with Crippen molar-refractivity contribution < 1.29 is 9.47 Å². The van der Waals surface area contributed by atoms with Crippen LogP contribution in [0.15, 0.2) is 42.6 Å². The van der Waals surface area contributed by atoms with Crippen LogP contribution >= 0.6 is 0 Å². The van der Waals surface area contributed by atoms with Crippen LogP contribution in [0.5, 0.6) is 17.2 Å². The highest BCUT2D eigenvalue weighted by atomic mass is 16.5. The van der Waals surface area contributed by atoms with E-state index in [2.05, 4.69) is 4.98 Å². The highest BCUT2D eigenvalue weighted by molar-refractivity contribution is 5.41. The maximum absolute atomic E-state index is 8.88. The highest BCUT2D eigenvalue weighted by Crippen LogP contribution is 2.26. The zero-order chi connectivity index (χ0) is 12.1. The molecule has 2 rings (SSSR count). The third-order valence-corrected chi connectivity index (χ3v) is 2.15. The van der Waals surface area contributed by atoms with E-state index in [1.54, 1.807) is 37.6 Å². The zero-order valence-corrected chi connectivity index (χ0v) is 9.25. The van der Waals surface area contributed by atoms with Crippen molar-refractivity contribution in [3.8, 4) is 23.3 Å². The van der Waals surface area contributed by atoms with Crippen LogP contribution in [0.2, 0.25) is 0 Å². The van der Waals surface area contributed by atoms with E-state index in [9.17, 15) is 0 Å². The quantitative estimate of drug-likeness (QED) is 0.807. The summed E-state index contributed by atoms with van der Waals surface area (Å²) in [6.45, 7) is 0. The first-order valence-corrected chi connectivity index (χ1v) is 5.00. The van der Waals surface area contributed by atoms with Crippen LogP contribution in [0.25, 0.3) is 0 Å². The lowest BCUT2D eigenvalue weighted by Crippen LogP contribution is -1.91. The van der Waals surface area contributed by atoms with Gasteiger partial charge in [-0.05, 0) is 24.3 Å². The predicted octanol–water partition coefficient (Wildman–Crippen LogP) is 2.75. The van der Waals surface area contributed by atoms with Crippen LogP contribution in [0.4, 0.5) is 0 Å². The Labute approximate surface area is 99.1 Å². The molecule has 4 nitrogen and oxygen atoms in total. The molecule has 0 aliphatic rings. The largest absolute Gasteiger partial charge is 0.497 e. The fourth-order valence-electron chi connectivity index (χ4n) is 1.35. The number of nitriles is 1. The van der Waals surface area contributed by atoms with E-state index in [1.165, 1.54) is 0 Å². The topological polar surface area (TPSA) is 55.1 Å². The van der Waals surface area contributed by atoms with Gasteiger partial charge in [0.05, 0.1) is 7.11 Å². The standard InChI is InChI=1S/C13H10N2O2/c1-16-10-4-2-5-11(8-10)17-13-6-3-7-15-12(13)9-14/h2-8H,1H3. The fourth-order valence-corrected chi connectivity index (χ4v) is 1.35. The highest BCUT2D eigenvalue weighted by Gasteiger charge is 2.05. The Morgan fingerprint density at radius 3 is 2.76 bits per heavy atom. The van der Waals surface area contributed by atoms with E-state index in [4.69, 9.17) is 14.7 Å². The average molecular weight is 226 g/mol. The number of rotatable bonds is 3. The molecule has 0 saturated heterocycles. The molecular weight excluding hydrogens is 216 g/mol. The Bertz CT molecular complexity index is 561. The van der Waals surface area contributed by atoms with E-state index in [0.29, 0.717) is 17.2 Å². The summed E-state index contributed by atoms with van der Waals surface area (Å²) < 4.78 is 10.7. The first-order valence-electron chi connectivity index (χ1n) is 5.00. The molecule has 84 valence electrons. The van der Waals surface area contributed by atoms with Gasteiger partial charge in [-0.1, -0.05) is 6.07 Å². The molecule has 0 unspecified atom stereocenters. The Balaban J connectivity index is 2.28. The summed E-state index contributed by atoms with van der Waals surface area (Å²) in [7, 11) is 1.59. The molecule has 0 aliphatic carbocycles. The van der Waals surface area contributed by atoms with E-state index >= 15 is 0 Å². The van der Waals surface area contributed by atoms with Gasteiger partial charge < -0.3 is 9.47 Å².